The van der Waals surface area contributed by atoms with Crippen molar-refractivity contribution in [3.63, 3.8) is 0 Å². The average molecular weight is 322 g/mol. The summed E-state index contributed by atoms with van der Waals surface area (Å²) in [7, 11) is 0. The molecular formula is C17H26N2O4. The molecule has 1 aliphatic carbocycles. The van der Waals surface area contributed by atoms with E-state index in [1.54, 1.807) is 4.90 Å². The molecule has 2 heterocycles. The maximum atomic E-state index is 12.6. The summed E-state index contributed by atoms with van der Waals surface area (Å²) in [6.07, 6.45) is 7.27. The van der Waals surface area contributed by atoms with Crippen LogP contribution in [0.25, 0.3) is 0 Å². The second kappa shape index (κ2) is 6.89. The van der Waals surface area contributed by atoms with Gasteiger partial charge >= 0.3 is 5.97 Å². The van der Waals surface area contributed by atoms with Crippen molar-refractivity contribution in [1.82, 2.24) is 9.80 Å². The van der Waals surface area contributed by atoms with Gasteiger partial charge < -0.3 is 14.9 Å². The Morgan fingerprint density at radius 3 is 2.17 bits per heavy atom. The predicted octanol–water partition coefficient (Wildman–Crippen LogP) is 1.49. The van der Waals surface area contributed by atoms with Gasteiger partial charge in [-0.05, 0) is 25.7 Å². The molecule has 0 aromatic rings. The van der Waals surface area contributed by atoms with Gasteiger partial charge in [0.25, 0.3) is 0 Å². The minimum atomic E-state index is -0.884. The maximum absolute atomic E-state index is 12.6. The zero-order chi connectivity index (χ0) is 16.4. The highest BCUT2D eigenvalue weighted by atomic mass is 16.4. The third kappa shape index (κ3) is 3.51. The lowest BCUT2D eigenvalue weighted by atomic mass is 9.87. The summed E-state index contributed by atoms with van der Waals surface area (Å²) < 4.78 is 0. The fourth-order valence-electron chi connectivity index (χ4n) is 4.26. The molecule has 128 valence electrons. The third-order valence-electron chi connectivity index (χ3n) is 5.68. The van der Waals surface area contributed by atoms with Crippen LogP contribution in [0.3, 0.4) is 0 Å². The quantitative estimate of drug-likeness (QED) is 0.854. The number of hydrogen-bond donors (Lipinski definition) is 1. The zero-order valence-corrected chi connectivity index (χ0v) is 13.6. The fraction of sp³-hybridized carbons (Fsp3) is 0.824. The van der Waals surface area contributed by atoms with E-state index in [1.807, 2.05) is 4.90 Å². The van der Waals surface area contributed by atoms with Crippen molar-refractivity contribution in [3.05, 3.63) is 0 Å². The fourth-order valence-corrected chi connectivity index (χ4v) is 4.26. The molecule has 0 bridgehead atoms. The number of carbonyl (C=O) groups is 3. The van der Waals surface area contributed by atoms with Crippen molar-refractivity contribution in [2.24, 2.45) is 11.8 Å². The Bertz CT molecular complexity index is 479. The number of likely N-dealkylation sites (tertiary alicyclic amines) is 2. The number of piperidine rings is 1. The topological polar surface area (TPSA) is 77.9 Å². The lowest BCUT2D eigenvalue weighted by Crippen LogP contribution is -2.49. The van der Waals surface area contributed by atoms with Gasteiger partial charge in [-0.3, -0.25) is 14.4 Å². The smallest absolute Gasteiger partial charge is 0.308 e. The normalized spacial score (nSPS) is 27.5. The van der Waals surface area contributed by atoms with Crippen LogP contribution in [-0.4, -0.2) is 58.4 Å². The molecule has 2 amide bonds. The van der Waals surface area contributed by atoms with Gasteiger partial charge in [0.15, 0.2) is 0 Å². The molecule has 2 aliphatic heterocycles. The Balaban J connectivity index is 1.51. The largest absolute Gasteiger partial charge is 0.481 e. The van der Waals surface area contributed by atoms with E-state index in [1.165, 1.54) is 6.42 Å². The van der Waals surface area contributed by atoms with E-state index >= 15 is 0 Å². The lowest BCUT2D eigenvalue weighted by Gasteiger charge is -2.38. The zero-order valence-electron chi connectivity index (χ0n) is 13.6. The van der Waals surface area contributed by atoms with Gasteiger partial charge in [0.05, 0.1) is 5.92 Å². The van der Waals surface area contributed by atoms with Crippen LogP contribution in [-0.2, 0) is 14.4 Å². The highest BCUT2D eigenvalue weighted by molar-refractivity contribution is 5.86. The van der Waals surface area contributed by atoms with E-state index in [4.69, 9.17) is 5.11 Å². The van der Waals surface area contributed by atoms with E-state index in [0.29, 0.717) is 25.5 Å². The molecule has 0 aromatic carbocycles. The summed E-state index contributed by atoms with van der Waals surface area (Å²) in [6, 6.07) is 0.0993. The number of carboxylic acid groups (broad SMARTS) is 1. The molecule has 23 heavy (non-hydrogen) atoms. The maximum Gasteiger partial charge on any atom is 0.308 e. The molecular weight excluding hydrogens is 296 g/mol. The Morgan fingerprint density at radius 1 is 0.957 bits per heavy atom. The molecule has 3 aliphatic rings. The molecule has 0 radical (unpaired) electrons. The van der Waals surface area contributed by atoms with Crippen LogP contribution in [0.2, 0.25) is 0 Å². The number of amides is 2. The lowest BCUT2D eigenvalue weighted by molar-refractivity contribution is -0.141. The van der Waals surface area contributed by atoms with E-state index in [-0.39, 0.29) is 24.3 Å². The summed E-state index contributed by atoms with van der Waals surface area (Å²) in [5.41, 5.74) is 0. The van der Waals surface area contributed by atoms with Crippen molar-refractivity contribution in [2.75, 3.05) is 19.6 Å². The summed E-state index contributed by atoms with van der Waals surface area (Å²) in [5.74, 6) is -1.01. The van der Waals surface area contributed by atoms with Gasteiger partial charge in [-0.1, -0.05) is 19.3 Å². The second-order valence-corrected chi connectivity index (χ2v) is 7.18. The van der Waals surface area contributed by atoms with Gasteiger partial charge in [0.1, 0.15) is 0 Å². The van der Waals surface area contributed by atoms with Crippen LogP contribution >= 0.6 is 0 Å². The summed E-state index contributed by atoms with van der Waals surface area (Å²) >= 11 is 0. The van der Waals surface area contributed by atoms with Crippen LogP contribution in [0.15, 0.2) is 0 Å². The standard InChI is InChI=1S/C17H26N2O4/c20-15-10-13(17(22)23)11-19(15)14-6-8-18(9-7-14)16(21)12-4-2-1-3-5-12/h12-14H,1-11H2,(H,22,23). The van der Waals surface area contributed by atoms with Gasteiger partial charge in [-0.15, -0.1) is 0 Å². The summed E-state index contributed by atoms with van der Waals surface area (Å²) in [5, 5.41) is 9.07. The van der Waals surface area contributed by atoms with Crippen LogP contribution < -0.4 is 0 Å². The van der Waals surface area contributed by atoms with Crippen molar-refractivity contribution in [1.29, 1.82) is 0 Å². The van der Waals surface area contributed by atoms with Crippen molar-refractivity contribution in [3.8, 4) is 0 Å². The Hall–Kier alpha value is -1.59. The Kier molecular flexibility index (Phi) is 4.87. The third-order valence-corrected chi connectivity index (χ3v) is 5.68. The molecule has 6 nitrogen and oxygen atoms in total. The first-order valence-electron chi connectivity index (χ1n) is 8.87. The minimum absolute atomic E-state index is 0.0468. The molecule has 3 rings (SSSR count). The van der Waals surface area contributed by atoms with Crippen molar-refractivity contribution < 1.29 is 19.5 Å². The molecule has 1 atom stereocenters. The van der Waals surface area contributed by atoms with Gasteiger partial charge in [-0.2, -0.15) is 0 Å². The van der Waals surface area contributed by atoms with Crippen LogP contribution in [0, 0.1) is 11.8 Å². The number of aliphatic carboxylic acids is 1. The van der Waals surface area contributed by atoms with Crippen molar-refractivity contribution >= 4 is 17.8 Å². The number of nitrogens with zero attached hydrogens (tertiary/aromatic N) is 2. The van der Waals surface area contributed by atoms with E-state index in [0.717, 1.165) is 38.5 Å². The van der Waals surface area contributed by atoms with Gasteiger partial charge in [-0.25, -0.2) is 0 Å². The molecule has 0 aromatic heterocycles. The minimum Gasteiger partial charge on any atom is -0.481 e. The molecule has 1 N–H and O–H groups in total. The molecule has 1 saturated carbocycles. The highest BCUT2D eigenvalue weighted by Gasteiger charge is 2.39. The monoisotopic (exact) mass is 322 g/mol. The van der Waals surface area contributed by atoms with Gasteiger partial charge in [0.2, 0.25) is 11.8 Å². The molecule has 6 heteroatoms. The number of hydrogen-bond acceptors (Lipinski definition) is 3. The molecule has 1 unspecified atom stereocenters. The number of carbonyl (C=O) groups excluding carboxylic acids is 2. The average Bonchev–Trinajstić information content (AvgIpc) is 2.97. The SMILES string of the molecule is O=C(O)C1CC(=O)N(C2CCN(C(=O)C3CCCCC3)CC2)C1. The predicted molar refractivity (Wildman–Crippen MR) is 83.6 cm³/mol. The Morgan fingerprint density at radius 2 is 1.61 bits per heavy atom. The van der Waals surface area contributed by atoms with Crippen LogP contribution in [0.1, 0.15) is 51.4 Å². The summed E-state index contributed by atoms with van der Waals surface area (Å²) in [4.78, 5) is 39.3. The highest BCUT2D eigenvalue weighted by Crippen LogP contribution is 2.29. The van der Waals surface area contributed by atoms with E-state index in [2.05, 4.69) is 0 Å². The van der Waals surface area contributed by atoms with E-state index in [9.17, 15) is 14.4 Å². The first-order chi connectivity index (χ1) is 11.1. The number of carboxylic acids is 1. The molecule has 3 fully saturated rings. The first-order valence-corrected chi connectivity index (χ1v) is 8.87. The van der Waals surface area contributed by atoms with Gasteiger partial charge in [0, 0.05) is 38.0 Å². The van der Waals surface area contributed by atoms with Crippen LogP contribution in [0.4, 0.5) is 0 Å². The van der Waals surface area contributed by atoms with Crippen molar-refractivity contribution in [2.45, 2.75) is 57.4 Å². The second-order valence-electron chi connectivity index (χ2n) is 7.18. The first kappa shape index (κ1) is 16.3. The summed E-state index contributed by atoms with van der Waals surface area (Å²) in [6.45, 7) is 1.72. The molecule has 0 spiro atoms. The Labute approximate surface area is 136 Å². The molecule has 2 saturated heterocycles. The van der Waals surface area contributed by atoms with Crippen LogP contribution in [0.5, 0.6) is 0 Å². The van der Waals surface area contributed by atoms with E-state index < -0.39 is 11.9 Å². The number of rotatable bonds is 3.